The second-order valence-corrected chi connectivity index (χ2v) is 9.22. The first-order valence-corrected chi connectivity index (χ1v) is 10.9. The lowest BCUT2D eigenvalue weighted by molar-refractivity contribution is -0.0738. The van der Waals surface area contributed by atoms with Gasteiger partial charge in [-0.1, -0.05) is 96.3 Å². The summed E-state index contributed by atoms with van der Waals surface area (Å²) < 4.78 is 0. The Hall–Kier alpha value is 0. The van der Waals surface area contributed by atoms with Crippen molar-refractivity contribution < 1.29 is 0 Å². The van der Waals surface area contributed by atoms with Crippen LogP contribution >= 0.6 is 0 Å². The van der Waals surface area contributed by atoms with Crippen molar-refractivity contribution in [2.24, 2.45) is 17.3 Å². The Morgan fingerprint density at radius 2 is 0.636 bits per heavy atom. The third-order valence-electron chi connectivity index (χ3n) is 7.11. The molecule has 1 spiro atoms. The zero-order chi connectivity index (χ0) is 15.1. The van der Waals surface area contributed by atoms with Crippen LogP contribution in [0.5, 0.6) is 0 Å². The van der Waals surface area contributed by atoms with Crippen molar-refractivity contribution in [2.75, 3.05) is 0 Å². The van der Waals surface area contributed by atoms with E-state index in [0.29, 0.717) is 0 Å². The molecule has 0 unspecified atom stereocenters. The summed E-state index contributed by atoms with van der Waals surface area (Å²) in [5.41, 5.74) is 0.885. The Kier molecular flexibility index (Phi) is 6.69. The second kappa shape index (κ2) is 8.74. The molecule has 5 aliphatic rings. The highest BCUT2D eigenvalue weighted by atomic mass is 14.6. The number of hydrogen-bond acceptors (Lipinski definition) is 0. The van der Waals surface area contributed by atoms with Crippen LogP contribution in [0.4, 0.5) is 0 Å². The van der Waals surface area contributed by atoms with Crippen LogP contribution in [0.15, 0.2) is 0 Å². The van der Waals surface area contributed by atoms with E-state index in [4.69, 9.17) is 0 Å². The van der Waals surface area contributed by atoms with E-state index in [-0.39, 0.29) is 0 Å². The highest BCUT2D eigenvalue weighted by molar-refractivity contribution is 5.02. The van der Waals surface area contributed by atoms with Crippen molar-refractivity contribution in [1.29, 1.82) is 0 Å². The van der Waals surface area contributed by atoms with E-state index in [0.717, 1.165) is 17.3 Å². The van der Waals surface area contributed by atoms with Gasteiger partial charge in [-0.2, -0.15) is 0 Å². The maximum absolute atomic E-state index is 1.61. The van der Waals surface area contributed by atoms with Crippen molar-refractivity contribution in [3.05, 3.63) is 0 Å². The minimum atomic E-state index is 0.885. The van der Waals surface area contributed by atoms with Crippen molar-refractivity contribution in [3.63, 3.8) is 0 Å². The fourth-order valence-corrected chi connectivity index (χ4v) is 5.88. The Balaban J connectivity index is 1.32. The average molecular weight is 305 g/mol. The molecule has 0 aliphatic heterocycles. The van der Waals surface area contributed by atoms with E-state index < -0.39 is 0 Å². The molecule has 0 aromatic heterocycles. The summed E-state index contributed by atoms with van der Waals surface area (Å²) >= 11 is 0. The largest absolute Gasteiger partial charge is 0.0533 e. The van der Waals surface area contributed by atoms with Gasteiger partial charge in [0.2, 0.25) is 0 Å². The van der Waals surface area contributed by atoms with Crippen molar-refractivity contribution in [2.45, 2.75) is 122 Å². The smallest absolute Gasteiger partial charge is 0.0287 e. The van der Waals surface area contributed by atoms with Crippen LogP contribution in [-0.2, 0) is 0 Å². The summed E-state index contributed by atoms with van der Waals surface area (Å²) in [5, 5.41) is 0. The van der Waals surface area contributed by atoms with Crippen LogP contribution in [0.25, 0.3) is 0 Å². The molecule has 0 saturated heterocycles. The summed E-state index contributed by atoms with van der Waals surface area (Å²) in [6.45, 7) is 0. The SMILES string of the molecule is C1CCCCCCCC2CC3(C2)CC(CCCCCCC1)C3. The molecule has 5 rings (SSSR count). The molecule has 0 atom stereocenters. The molecule has 128 valence electrons. The molecule has 3 bridgehead atoms. The van der Waals surface area contributed by atoms with E-state index in [1.807, 2.05) is 0 Å². The Labute approximate surface area is 139 Å². The highest BCUT2D eigenvalue weighted by Crippen LogP contribution is 2.63. The normalized spacial score (nSPS) is 39.3. The molecule has 5 aliphatic carbocycles. The van der Waals surface area contributed by atoms with Crippen LogP contribution in [0.1, 0.15) is 122 Å². The average Bonchev–Trinajstić information content (AvgIpc) is 2.43. The predicted octanol–water partition coefficient (Wildman–Crippen LogP) is 7.66. The van der Waals surface area contributed by atoms with Gasteiger partial charge in [-0.15, -0.1) is 0 Å². The quantitative estimate of drug-likeness (QED) is 0.431. The number of rotatable bonds is 0. The van der Waals surface area contributed by atoms with Crippen molar-refractivity contribution >= 4 is 0 Å². The van der Waals surface area contributed by atoms with Crippen LogP contribution in [0.3, 0.4) is 0 Å². The molecule has 5 saturated carbocycles. The van der Waals surface area contributed by atoms with Crippen LogP contribution in [0, 0.1) is 17.3 Å². The minimum absolute atomic E-state index is 0.885. The fraction of sp³-hybridized carbons (Fsp3) is 1.00. The molecule has 0 radical (unpaired) electrons. The summed E-state index contributed by atoms with van der Waals surface area (Å²) in [4.78, 5) is 0. The summed E-state index contributed by atoms with van der Waals surface area (Å²) in [6.07, 6.45) is 29.3. The van der Waals surface area contributed by atoms with E-state index >= 15 is 0 Å². The predicted molar refractivity (Wildman–Crippen MR) is 97.1 cm³/mol. The topological polar surface area (TPSA) is 0 Å². The standard InChI is InChI=1S/C22H40/c1-2-4-6-8-10-12-14-20-16-22(17-20)18-21(19-22)15-13-11-9-7-5-3-1/h20-21H,1-19H2. The van der Waals surface area contributed by atoms with Gasteiger partial charge in [0.05, 0.1) is 0 Å². The molecule has 0 nitrogen and oxygen atoms in total. The van der Waals surface area contributed by atoms with Gasteiger partial charge in [0, 0.05) is 0 Å². The minimum Gasteiger partial charge on any atom is -0.0533 e. The van der Waals surface area contributed by atoms with Crippen LogP contribution in [0.2, 0.25) is 0 Å². The number of hydrogen-bond donors (Lipinski definition) is 0. The zero-order valence-corrected chi connectivity index (χ0v) is 15.1. The van der Waals surface area contributed by atoms with Gasteiger partial charge in [-0.05, 0) is 42.9 Å². The lowest BCUT2D eigenvalue weighted by Crippen LogP contribution is -2.47. The molecule has 0 aromatic rings. The van der Waals surface area contributed by atoms with Gasteiger partial charge in [0.1, 0.15) is 0 Å². The van der Waals surface area contributed by atoms with E-state index in [1.165, 1.54) is 83.5 Å². The lowest BCUT2D eigenvalue weighted by Gasteiger charge is -2.58. The molecule has 22 heavy (non-hydrogen) atoms. The molecular weight excluding hydrogens is 264 g/mol. The molecular formula is C22H40. The van der Waals surface area contributed by atoms with Crippen LogP contribution in [-0.4, -0.2) is 0 Å². The third kappa shape index (κ3) is 5.00. The third-order valence-corrected chi connectivity index (χ3v) is 7.11. The maximum atomic E-state index is 1.61. The van der Waals surface area contributed by atoms with Gasteiger partial charge in [0.15, 0.2) is 0 Å². The van der Waals surface area contributed by atoms with Gasteiger partial charge in [-0.25, -0.2) is 0 Å². The van der Waals surface area contributed by atoms with Crippen LogP contribution < -0.4 is 0 Å². The van der Waals surface area contributed by atoms with Crippen molar-refractivity contribution in [3.8, 4) is 0 Å². The maximum Gasteiger partial charge on any atom is -0.0287 e. The summed E-state index contributed by atoms with van der Waals surface area (Å²) in [7, 11) is 0. The lowest BCUT2D eigenvalue weighted by atomic mass is 9.47. The van der Waals surface area contributed by atoms with Gasteiger partial charge in [-0.3, -0.25) is 0 Å². The molecule has 0 aromatic carbocycles. The second-order valence-electron chi connectivity index (χ2n) is 9.22. The molecule has 0 heterocycles. The zero-order valence-electron chi connectivity index (χ0n) is 15.1. The van der Waals surface area contributed by atoms with Gasteiger partial charge >= 0.3 is 0 Å². The fourth-order valence-electron chi connectivity index (χ4n) is 5.88. The first-order valence-electron chi connectivity index (χ1n) is 10.9. The Bertz CT molecular complexity index is 260. The van der Waals surface area contributed by atoms with Gasteiger partial charge in [0.25, 0.3) is 0 Å². The Morgan fingerprint density at radius 1 is 0.364 bits per heavy atom. The summed E-state index contributed by atoms with van der Waals surface area (Å²) in [5.74, 6) is 2.26. The van der Waals surface area contributed by atoms with E-state index in [2.05, 4.69) is 0 Å². The molecule has 0 N–H and O–H groups in total. The molecule has 0 amide bonds. The van der Waals surface area contributed by atoms with E-state index in [9.17, 15) is 0 Å². The highest BCUT2D eigenvalue weighted by Gasteiger charge is 2.51. The monoisotopic (exact) mass is 304 g/mol. The summed E-state index contributed by atoms with van der Waals surface area (Å²) in [6, 6.07) is 0. The molecule has 0 heteroatoms. The molecule has 5 fully saturated rings. The first kappa shape index (κ1) is 16.8. The first-order chi connectivity index (χ1) is 10.9. The van der Waals surface area contributed by atoms with Crippen molar-refractivity contribution in [1.82, 2.24) is 0 Å². The van der Waals surface area contributed by atoms with E-state index in [1.54, 1.807) is 38.5 Å². The Morgan fingerprint density at radius 3 is 0.955 bits per heavy atom. The van der Waals surface area contributed by atoms with Gasteiger partial charge < -0.3 is 0 Å².